The molecule has 1 aliphatic rings. The largest absolute Gasteiger partial charge is 0.397 e. The number of rotatable bonds is 3. The van der Waals surface area contributed by atoms with Crippen LogP contribution in [0.3, 0.4) is 0 Å². The molecule has 0 saturated carbocycles. The van der Waals surface area contributed by atoms with Crippen molar-refractivity contribution in [2.75, 3.05) is 37.4 Å². The smallest absolute Gasteiger partial charge is 0.244 e. The lowest BCUT2D eigenvalue weighted by molar-refractivity contribution is -0.135. The van der Waals surface area contributed by atoms with Crippen LogP contribution in [0.2, 0.25) is 0 Å². The highest BCUT2D eigenvalue weighted by atomic mass is 79.9. The van der Waals surface area contributed by atoms with Crippen LogP contribution in [0.4, 0.5) is 11.4 Å². The molecule has 1 unspecified atom stereocenters. The second kappa shape index (κ2) is 6.25. The predicted octanol–water partition coefficient (Wildman–Crippen LogP) is 1.69. The zero-order valence-electron chi connectivity index (χ0n) is 10.9. The fraction of sp³-hybridized carbons (Fsp3) is 0.462. The summed E-state index contributed by atoms with van der Waals surface area (Å²) < 4.78 is 6.17. The molecule has 1 amide bonds. The van der Waals surface area contributed by atoms with Gasteiger partial charge in [-0.1, -0.05) is 15.9 Å². The fourth-order valence-corrected chi connectivity index (χ4v) is 2.37. The van der Waals surface area contributed by atoms with E-state index in [9.17, 15) is 4.79 Å². The minimum Gasteiger partial charge on any atom is -0.397 e. The van der Waals surface area contributed by atoms with Gasteiger partial charge in [0.1, 0.15) is 6.04 Å². The highest BCUT2D eigenvalue weighted by Gasteiger charge is 2.22. The molecule has 104 valence electrons. The topological polar surface area (TPSA) is 67.6 Å². The number of nitrogens with two attached hydrogens (primary N) is 1. The Bertz CT molecular complexity index is 461. The Balaban J connectivity index is 2.01. The van der Waals surface area contributed by atoms with Crippen molar-refractivity contribution in [1.82, 2.24) is 4.90 Å². The number of carbonyl (C=O) groups excluding carboxylic acids is 1. The average molecular weight is 328 g/mol. The van der Waals surface area contributed by atoms with Gasteiger partial charge in [-0.15, -0.1) is 0 Å². The molecule has 0 radical (unpaired) electrons. The molecule has 1 saturated heterocycles. The van der Waals surface area contributed by atoms with Gasteiger partial charge in [-0.05, 0) is 25.1 Å². The molecule has 1 heterocycles. The molecule has 1 aliphatic heterocycles. The van der Waals surface area contributed by atoms with Crippen LogP contribution in [0.1, 0.15) is 6.92 Å². The second-order valence-electron chi connectivity index (χ2n) is 4.54. The van der Waals surface area contributed by atoms with E-state index in [1.807, 2.05) is 24.0 Å². The van der Waals surface area contributed by atoms with Gasteiger partial charge < -0.3 is 20.7 Å². The quantitative estimate of drug-likeness (QED) is 0.829. The fourth-order valence-electron chi connectivity index (χ4n) is 2.01. The molecule has 19 heavy (non-hydrogen) atoms. The summed E-state index contributed by atoms with van der Waals surface area (Å²) in [4.78, 5) is 14.1. The first-order chi connectivity index (χ1) is 9.08. The van der Waals surface area contributed by atoms with Crippen LogP contribution in [-0.4, -0.2) is 43.2 Å². The number of carbonyl (C=O) groups is 1. The number of nitrogens with one attached hydrogen (secondary N) is 1. The van der Waals surface area contributed by atoms with Crippen LogP contribution < -0.4 is 11.1 Å². The number of hydrogen-bond acceptors (Lipinski definition) is 4. The molecule has 0 aliphatic carbocycles. The number of nitrogen functional groups attached to an aromatic ring is 1. The zero-order chi connectivity index (χ0) is 13.8. The van der Waals surface area contributed by atoms with Crippen molar-refractivity contribution >= 4 is 33.2 Å². The van der Waals surface area contributed by atoms with Gasteiger partial charge >= 0.3 is 0 Å². The van der Waals surface area contributed by atoms with E-state index in [-0.39, 0.29) is 11.9 Å². The highest BCUT2D eigenvalue weighted by Crippen LogP contribution is 2.24. The molecule has 2 rings (SSSR count). The summed E-state index contributed by atoms with van der Waals surface area (Å²) in [6.07, 6.45) is 0. The highest BCUT2D eigenvalue weighted by molar-refractivity contribution is 9.10. The molecular weight excluding hydrogens is 310 g/mol. The van der Waals surface area contributed by atoms with E-state index < -0.39 is 0 Å². The summed E-state index contributed by atoms with van der Waals surface area (Å²) >= 11 is 3.39. The monoisotopic (exact) mass is 327 g/mol. The van der Waals surface area contributed by atoms with Gasteiger partial charge in [0.25, 0.3) is 0 Å². The Morgan fingerprint density at radius 3 is 2.84 bits per heavy atom. The van der Waals surface area contributed by atoms with Crippen molar-refractivity contribution < 1.29 is 9.53 Å². The maximum absolute atomic E-state index is 12.3. The lowest BCUT2D eigenvalue weighted by atomic mass is 10.2. The van der Waals surface area contributed by atoms with Crippen molar-refractivity contribution in [3.05, 3.63) is 22.7 Å². The molecule has 0 spiro atoms. The molecule has 3 N–H and O–H groups in total. The van der Waals surface area contributed by atoms with Crippen LogP contribution in [0.25, 0.3) is 0 Å². The van der Waals surface area contributed by atoms with E-state index in [1.54, 1.807) is 6.07 Å². The number of nitrogens with zero attached hydrogens (tertiary/aromatic N) is 1. The zero-order valence-corrected chi connectivity index (χ0v) is 12.4. The Morgan fingerprint density at radius 2 is 2.16 bits per heavy atom. The third kappa shape index (κ3) is 3.61. The lowest BCUT2D eigenvalue weighted by Crippen LogP contribution is -2.47. The minimum absolute atomic E-state index is 0.0719. The number of anilines is 2. The normalized spacial score (nSPS) is 17.1. The van der Waals surface area contributed by atoms with Crippen LogP contribution >= 0.6 is 15.9 Å². The Kier molecular flexibility index (Phi) is 4.66. The molecule has 1 atom stereocenters. The van der Waals surface area contributed by atoms with Gasteiger partial charge in [0.2, 0.25) is 5.91 Å². The number of ether oxygens (including phenoxy) is 1. The molecule has 1 fully saturated rings. The van der Waals surface area contributed by atoms with Gasteiger partial charge in [0, 0.05) is 17.6 Å². The summed E-state index contributed by atoms with van der Waals surface area (Å²) in [6.45, 7) is 4.37. The lowest BCUT2D eigenvalue weighted by Gasteiger charge is -2.30. The van der Waals surface area contributed by atoms with E-state index in [0.717, 1.165) is 10.2 Å². The van der Waals surface area contributed by atoms with Crippen LogP contribution in [0.5, 0.6) is 0 Å². The van der Waals surface area contributed by atoms with Gasteiger partial charge in [0.15, 0.2) is 0 Å². The molecule has 1 aromatic carbocycles. The van der Waals surface area contributed by atoms with Crippen LogP contribution in [0, 0.1) is 0 Å². The van der Waals surface area contributed by atoms with E-state index in [2.05, 4.69) is 21.2 Å². The first kappa shape index (κ1) is 14.1. The molecule has 6 heteroatoms. The number of halogens is 1. The number of morpholine rings is 1. The average Bonchev–Trinajstić information content (AvgIpc) is 2.43. The molecule has 0 aromatic heterocycles. The van der Waals surface area contributed by atoms with Crippen molar-refractivity contribution in [3.8, 4) is 0 Å². The van der Waals surface area contributed by atoms with Gasteiger partial charge in [-0.3, -0.25) is 4.79 Å². The van der Waals surface area contributed by atoms with Gasteiger partial charge in [-0.2, -0.15) is 0 Å². The summed E-state index contributed by atoms with van der Waals surface area (Å²) in [5, 5.41) is 3.16. The van der Waals surface area contributed by atoms with Crippen LogP contribution in [0.15, 0.2) is 22.7 Å². The Labute approximate surface area is 121 Å². The van der Waals surface area contributed by atoms with Crippen molar-refractivity contribution in [2.24, 2.45) is 0 Å². The molecular formula is C13H18BrN3O2. The standard InChI is InChI=1S/C13H18BrN3O2/c1-9(13(18)17-4-6-19-7-5-17)16-12-8-10(14)2-3-11(12)15/h2-3,8-9,16H,4-7,15H2,1H3. The van der Waals surface area contributed by atoms with Crippen molar-refractivity contribution in [3.63, 3.8) is 0 Å². The van der Waals surface area contributed by atoms with E-state index in [4.69, 9.17) is 10.5 Å². The van der Waals surface area contributed by atoms with Gasteiger partial charge in [0.05, 0.1) is 24.6 Å². The predicted molar refractivity (Wildman–Crippen MR) is 79.0 cm³/mol. The Morgan fingerprint density at radius 1 is 1.47 bits per heavy atom. The van der Waals surface area contributed by atoms with Crippen LogP contribution in [-0.2, 0) is 9.53 Å². The van der Waals surface area contributed by atoms with Crippen molar-refractivity contribution in [1.29, 1.82) is 0 Å². The SMILES string of the molecule is CC(Nc1cc(Br)ccc1N)C(=O)N1CCOCC1. The van der Waals surface area contributed by atoms with Gasteiger partial charge in [-0.25, -0.2) is 0 Å². The molecule has 5 nitrogen and oxygen atoms in total. The summed E-state index contributed by atoms with van der Waals surface area (Å²) in [5.74, 6) is 0.0719. The first-order valence-corrected chi connectivity index (χ1v) is 7.05. The van der Waals surface area contributed by atoms with E-state index in [1.165, 1.54) is 0 Å². The van der Waals surface area contributed by atoms with E-state index >= 15 is 0 Å². The first-order valence-electron chi connectivity index (χ1n) is 6.26. The second-order valence-corrected chi connectivity index (χ2v) is 5.45. The maximum atomic E-state index is 12.3. The van der Waals surface area contributed by atoms with E-state index in [0.29, 0.717) is 32.0 Å². The third-order valence-corrected chi connectivity index (χ3v) is 3.57. The molecule has 0 bridgehead atoms. The maximum Gasteiger partial charge on any atom is 0.244 e. The number of benzene rings is 1. The number of amides is 1. The summed E-state index contributed by atoms with van der Waals surface area (Å²) in [6, 6.07) is 5.24. The Hall–Kier alpha value is -1.27. The third-order valence-electron chi connectivity index (χ3n) is 3.08. The summed E-state index contributed by atoms with van der Waals surface area (Å²) in [7, 11) is 0. The summed E-state index contributed by atoms with van der Waals surface area (Å²) in [5.41, 5.74) is 7.28. The number of hydrogen-bond donors (Lipinski definition) is 2. The van der Waals surface area contributed by atoms with Crippen molar-refractivity contribution in [2.45, 2.75) is 13.0 Å². The minimum atomic E-state index is -0.310. The molecule has 1 aromatic rings.